The van der Waals surface area contributed by atoms with Crippen LogP contribution in [-0.2, 0) is 33.0 Å². The number of aliphatic hydroxyl groups is 1. The molecule has 5 amide bonds. The number of carbonyl (C=O) groups excluding carboxylic acids is 5. The van der Waals surface area contributed by atoms with Gasteiger partial charge in [-0.25, -0.2) is 19.3 Å². The first-order valence-electron chi connectivity index (χ1n) is 20.8. The van der Waals surface area contributed by atoms with E-state index in [2.05, 4.69) is 32.4 Å². The van der Waals surface area contributed by atoms with Crippen molar-refractivity contribution in [2.24, 2.45) is 0 Å². The highest BCUT2D eigenvalue weighted by molar-refractivity contribution is 6.25. The Bertz CT molecular complexity index is 2740. The largest absolute Gasteiger partial charge is 0.384 e. The Morgan fingerprint density at radius 1 is 0.984 bits per heavy atom. The number of allylic oxidation sites excluding steroid dienone is 1. The Balaban J connectivity index is 0.813. The van der Waals surface area contributed by atoms with Gasteiger partial charge in [-0.1, -0.05) is 25.1 Å². The number of piperidine rings is 1. The highest BCUT2D eigenvalue weighted by atomic mass is 16.3. The van der Waals surface area contributed by atoms with E-state index in [1.807, 2.05) is 43.3 Å². The zero-order chi connectivity index (χ0) is 43.3. The maximum atomic E-state index is 13.5. The zero-order valence-electron chi connectivity index (χ0n) is 34.1. The van der Waals surface area contributed by atoms with Gasteiger partial charge in [0.1, 0.15) is 17.0 Å². The van der Waals surface area contributed by atoms with Crippen molar-refractivity contribution in [3.05, 3.63) is 106 Å². The molecule has 62 heavy (non-hydrogen) atoms. The van der Waals surface area contributed by atoms with Crippen LogP contribution in [0.25, 0.3) is 16.9 Å². The maximum Gasteiger partial charge on any atom is 0.278 e. The molecule has 9 rings (SSSR count). The quantitative estimate of drug-likeness (QED) is 0.105. The summed E-state index contributed by atoms with van der Waals surface area (Å²) in [4.78, 5) is 96.5. The molecule has 18 heteroatoms. The molecule has 318 valence electrons. The van der Waals surface area contributed by atoms with Crippen molar-refractivity contribution in [3.8, 4) is 5.82 Å². The van der Waals surface area contributed by atoms with Gasteiger partial charge in [0.2, 0.25) is 23.7 Å². The van der Waals surface area contributed by atoms with Crippen molar-refractivity contribution >= 4 is 63.6 Å². The highest BCUT2D eigenvalue weighted by Crippen LogP contribution is 2.39. The first-order valence-corrected chi connectivity index (χ1v) is 20.8. The van der Waals surface area contributed by atoms with Gasteiger partial charge in [0.25, 0.3) is 17.4 Å². The number of rotatable bonds is 12. The van der Waals surface area contributed by atoms with Crippen molar-refractivity contribution in [1.82, 2.24) is 39.4 Å². The monoisotopic (exact) mass is 839 g/mol. The number of hydrogen-bond donors (Lipinski definition) is 4. The molecule has 2 atom stereocenters. The van der Waals surface area contributed by atoms with Crippen LogP contribution >= 0.6 is 0 Å². The van der Waals surface area contributed by atoms with Gasteiger partial charge in [-0.05, 0) is 73.7 Å². The van der Waals surface area contributed by atoms with Crippen molar-refractivity contribution in [3.63, 3.8) is 0 Å². The molecule has 1 aliphatic carbocycles. The van der Waals surface area contributed by atoms with E-state index >= 15 is 0 Å². The van der Waals surface area contributed by atoms with Crippen molar-refractivity contribution < 1.29 is 29.1 Å². The van der Waals surface area contributed by atoms with Gasteiger partial charge in [0.15, 0.2) is 11.5 Å². The van der Waals surface area contributed by atoms with E-state index in [9.17, 15) is 33.9 Å². The van der Waals surface area contributed by atoms with E-state index in [0.717, 1.165) is 28.3 Å². The number of piperazine rings is 1. The summed E-state index contributed by atoms with van der Waals surface area (Å²) in [5.74, 6) is -1.61. The van der Waals surface area contributed by atoms with Crippen LogP contribution in [0.2, 0.25) is 0 Å². The molecule has 0 bridgehead atoms. The Morgan fingerprint density at radius 2 is 1.77 bits per heavy atom. The Kier molecular flexibility index (Phi) is 10.4. The fraction of sp³-hybridized carbons (Fsp3) is 0.341. The van der Waals surface area contributed by atoms with Gasteiger partial charge >= 0.3 is 0 Å². The fourth-order valence-corrected chi connectivity index (χ4v) is 8.84. The van der Waals surface area contributed by atoms with Crippen LogP contribution in [0, 0.1) is 0 Å². The van der Waals surface area contributed by atoms with Crippen LogP contribution < -0.4 is 26.4 Å². The molecule has 4 aliphatic rings. The number of imide groups is 2. The van der Waals surface area contributed by atoms with E-state index in [0.29, 0.717) is 67.3 Å². The number of pyridine rings is 1. The molecule has 6 heterocycles. The second-order valence-electron chi connectivity index (χ2n) is 15.9. The molecule has 0 spiro atoms. The molecule has 2 saturated heterocycles. The first kappa shape index (κ1) is 40.2. The summed E-state index contributed by atoms with van der Waals surface area (Å²) >= 11 is 0. The van der Waals surface area contributed by atoms with Gasteiger partial charge in [-0.15, -0.1) is 6.58 Å². The summed E-state index contributed by atoms with van der Waals surface area (Å²) in [5.41, 5.74) is 3.11. The van der Waals surface area contributed by atoms with Crippen LogP contribution in [0.1, 0.15) is 71.0 Å². The normalized spacial score (nSPS) is 19.8. The molecule has 0 radical (unpaired) electrons. The van der Waals surface area contributed by atoms with Gasteiger partial charge in [0, 0.05) is 68.8 Å². The second-order valence-corrected chi connectivity index (χ2v) is 15.9. The van der Waals surface area contributed by atoms with Crippen LogP contribution in [0.4, 0.5) is 23.0 Å². The van der Waals surface area contributed by atoms with Crippen molar-refractivity contribution in [2.75, 3.05) is 48.3 Å². The summed E-state index contributed by atoms with van der Waals surface area (Å²) in [6.07, 6.45) is 5.25. The minimum atomic E-state index is -1.06. The minimum absolute atomic E-state index is 0.0338. The Morgan fingerprint density at radius 3 is 2.52 bits per heavy atom. The van der Waals surface area contributed by atoms with E-state index in [1.54, 1.807) is 27.8 Å². The van der Waals surface area contributed by atoms with Gasteiger partial charge in [-0.3, -0.25) is 39.0 Å². The van der Waals surface area contributed by atoms with E-state index < -0.39 is 35.3 Å². The van der Waals surface area contributed by atoms with Gasteiger partial charge < -0.3 is 25.5 Å². The number of anilines is 4. The lowest BCUT2D eigenvalue weighted by molar-refractivity contribution is -0.136. The molecule has 2 aromatic carbocycles. The lowest BCUT2D eigenvalue weighted by Crippen LogP contribution is -2.54. The number of fused-ring (bicyclic) bond motifs is 3. The number of hydrogen-bond acceptors (Lipinski definition) is 13. The second kappa shape index (κ2) is 16.0. The molecule has 18 nitrogen and oxygen atoms in total. The molecular weight excluding hydrogens is 795 g/mol. The summed E-state index contributed by atoms with van der Waals surface area (Å²) < 4.78 is 3.17. The Labute approximate surface area is 355 Å². The molecule has 1 unspecified atom stereocenters. The van der Waals surface area contributed by atoms with Crippen LogP contribution in [-0.4, -0.2) is 108 Å². The number of nitrogens with zero attached hydrogens (tertiary/aromatic N) is 8. The van der Waals surface area contributed by atoms with Gasteiger partial charge in [-0.2, -0.15) is 4.98 Å². The first-order chi connectivity index (χ1) is 30.0. The molecule has 5 aromatic rings. The average Bonchev–Trinajstić information content (AvgIpc) is 3.86. The number of aryl methyl sites for hydroxylation is 1. The number of nitrogens with one attached hydrogen (secondary N) is 3. The SMILES string of the molecule is C=CCn1c(=O)c2cnc(Nc3ccc(N4CCN(C(=O)CCNc5cccc6c5C(=O)N(C5CCC(=O)NC5=O)C6=O)CC4)cc3)nc2n1-c1ccc2c(n1)[C@@](O)(CC)CC2. The van der Waals surface area contributed by atoms with Crippen LogP contribution in [0.15, 0.2) is 78.2 Å². The lowest BCUT2D eigenvalue weighted by Gasteiger charge is -2.36. The van der Waals surface area contributed by atoms with Crippen LogP contribution in [0.3, 0.4) is 0 Å². The summed E-state index contributed by atoms with van der Waals surface area (Å²) in [6.45, 7) is 8.50. The third-order valence-corrected chi connectivity index (χ3v) is 12.2. The van der Waals surface area contributed by atoms with E-state index in [-0.39, 0.29) is 60.9 Å². The minimum Gasteiger partial charge on any atom is -0.384 e. The Hall–Kier alpha value is -7.21. The highest BCUT2D eigenvalue weighted by Gasteiger charge is 2.45. The molecule has 0 saturated carbocycles. The average molecular weight is 840 g/mol. The predicted molar refractivity (Wildman–Crippen MR) is 228 cm³/mol. The smallest absolute Gasteiger partial charge is 0.278 e. The van der Waals surface area contributed by atoms with Crippen molar-refractivity contribution in [2.45, 2.75) is 63.6 Å². The third kappa shape index (κ3) is 7.04. The van der Waals surface area contributed by atoms with Crippen LogP contribution in [0.5, 0.6) is 0 Å². The molecule has 4 N–H and O–H groups in total. The number of aromatic nitrogens is 5. The van der Waals surface area contributed by atoms with Crippen molar-refractivity contribution in [1.29, 1.82) is 0 Å². The summed E-state index contributed by atoms with van der Waals surface area (Å²) in [6, 6.07) is 15.4. The topological polar surface area (TPSA) is 217 Å². The predicted octanol–water partition coefficient (Wildman–Crippen LogP) is 3.00. The zero-order valence-corrected chi connectivity index (χ0v) is 34.1. The maximum absolute atomic E-state index is 13.5. The fourth-order valence-electron chi connectivity index (χ4n) is 8.84. The van der Waals surface area contributed by atoms with Gasteiger partial charge in [0.05, 0.1) is 23.4 Å². The van der Waals surface area contributed by atoms with E-state index in [4.69, 9.17) is 9.97 Å². The summed E-state index contributed by atoms with van der Waals surface area (Å²) in [7, 11) is 0. The number of benzene rings is 2. The number of amides is 5. The molecule has 2 fully saturated rings. The third-order valence-electron chi connectivity index (χ3n) is 12.2. The molecule has 3 aromatic heterocycles. The number of carbonyl (C=O) groups is 5. The summed E-state index contributed by atoms with van der Waals surface area (Å²) in [5, 5.41) is 20.2. The molecular formula is C44H45N11O7. The molecule has 3 aliphatic heterocycles. The lowest BCUT2D eigenvalue weighted by atomic mass is 9.98. The standard InChI is InChI=1S/C44H45N11O7/c1-3-20-53-40(59)30-25-46-43(50-38(30)55(53)33-14-8-26-16-18-44(62,4-2)37(26)48-33)47-27-9-11-28(12-10-27)51-21-23-52(24-22-51)35(57)17-19-45-31-7-5-6-29-36(31)42(61)54(41(29)60)32-13-15-34(56)49-39(32)58/h3,5-12,14,25,32,45,62H,1,4,13,15-24H2,2H3,(H,46,47,50)(H,49,56,58)/t32?,44-/m1/s1. The van der Waals surface area contributed by atoms with E-state index in [1.165, 1.54) is 16.9 Å².